The van der Waals surface area contributed by atoms with E-state index >= 15 is 0 Å². The molecule has 0 aromatic carbocycles. The molecule has 0 saturated carbocycles. The molecule has 8 heteroatoms. The first-order valence-corrected chi connectivity index (χ1v) is 7.10. The van der Waals surface area contributed by atoms with E-state index in [0.29, 0.717) is 12.8 Å². The van der Waals surface area contributed by atoms with Crippen LogP contribution in [0.4, 0.5) is 0 Å². The number of carboxylic acid groups (broad SMARTS) is 4. The van der Waals surface area contributed by atoms with Crippen molar-refractivity contribution in [1.29, 1.82) is 0 Å². The highest BCUT2D eigenvalue weighted by Gasteiger charge is 2.24. The van der Waals surface area contributed by atoms with Gasteiger partial charge >= 0.3 is 23.9 Å². The molecule has 0 radical (unpaired) electrons. The van der Waals surface area contributed by atoms with Crippen LogP contribution in [0, 0.1) is 11.8 Å². The van der Waals surface area contributed by atoms with Gasteiger partial charge < -0.3 is 20.4 Å². The minimum Gasteiger partial charge on any atom is -0.481 e. The summed E-state index contributed by atoms with van der Waals surface area (Å²) in [5, 5.41) is 33.6. The molecule has 0 aliphatic heterocycles. The first-order valence-electron chi connectivity index (χ1n) is 7.10. The molecule has 0 aromatic rings. The second-order valence-electron chi connectivity index (χ2n) is 4.74. The van der Waals surface area contributed by atoms with Crippen LogP contribution in [0.2, 0.25) is 0 Å². The van der Waals surface area contributed by atoms with Gasteiger partial charge in [0.05, 0.1) is 0 Å². The van der Waals surface area contributed by atoms with Crippen molar-refractivity contribution >= 4 is 23.9 Å². The van der Waals surface area contributed by atoms with E-state index in [1.165, 1.54) is 0 Å². The van der Waals surface area contributed by atoms with E-state index in [-0.39, 0.29) is 12.8 Å². The van der Waals surface area contributed by atoms with Gasteiger partial charge in [-0.3, -0.25) is 19.2 Å². The molecular formula is C14H24O8. The molecule has 0 atom stereocenters. The Kier molecular flexibility index (Phi) is 12.7. The highest BCUT2D eigenvalue weighted by molar-refractivity contribution is 5.93. The lowest BCUT2D eigenvalue weighted by Gasteiger charge is -2.04. The van der Waals surface area contributed by atoms with Crippen molar-refractivity contribution in [3.05, 3.63) is 0 Å². The normalized spacial score (nSPS) is 10.0. The fourth-order valence-corrected chi connectivity index (χ4v) is 1.52. The molecule has 0 heterocycles. The number of hydrogen-bond donors (Lipinski definition) is 4. The number of unbranched alkanes of at least 4 members (excludes halogenated alkanes) is 2. The van der Waals surface area contributed by atoms with Crippen molar-refractivity contribution in [2.24, 2.45) is 11.8 Å². The zero-order chi connectivity index (χ0) is 17.7. The van der Waals surface area contributed by atoms with Crippen LogP contribution in [0.1, 0.15) is 52.4 Å². The highest BCUT2D eigenvalue weighted by atomic mass is 16.4. The van der Waals surface area contributed by atoms with Crippen molar-refractivity contribution in [2.45, 2.75) is 52.4 Å². The summed E-state index contributed by atoms with van der Waals surface area (Å²) in [6, 6.07) is 0. The summed E-state index contributed by atoms with van der Waals surface area (Å²) in [4.78, 5) is 41.1. The number of rotatable bonds is 10. The molecule has 0 amide bonds. The maximum atomic E-state index is 10.3. The Balaban J connectivity index is 0. The molecule has 0 saturated heterocycles. The van der Waals surface area contributed by atoms with Crippen LogP contribution in [0.15, 0.2) is 0 Å². The molecule has 0 fully saturated rings. The number of hydrogen-bond acceptors (Lipinski definition) is 4. The molecule has 0 bridgehead atoms. The highest BCUT2D eigenvalue weighted by Crippen LogP contribution is 2.09. The maximum absolute atomic E-state index is 10.3. The van der Waals surface area contributed by atoms with Crippen LogP contribution in [0.3, 0.4) is 0 Å². The van der Waals surface area contributed by atoms with Crippen molar-refractivity contribution in [3.63, 3.8) is 0 Å². The summed E-state index contributed by atoms with van der Waals surface area (Å²) in [6.07, 6.45) is 3.36. The fraction of sp³-hybridized carbons (Fsp3) is 0.714. The van der Waals surface area contributed by atoms with Gasteiger partial charge in [0, 0.05) is 0 Å². The predicted molar refractivity (Wildman–Crippen MR) is 76.6 cm³/mol. The molecule has 0 aliphatic rings. The van der Waals surface area contributed by atoms with Gasteiger partial charge in [0.15, 0.2) is 11.8 Å². The molecule has 0 aromatic heterocycles. The maximum Gasteiger partial charge on any atom is 0.317 e. The Labute approximate surface area is 128 Å². The fourth-order valence-electron chi connectivity index (χ4n) is 1.52. The minimum atomic E-state index is -1.24. The number of carbonyl (C=O) groups is 4. The molecule has 128 valence electrons. The van der Waals surface area contributed by atoms with Crippen molar-refractivity contribution < 1.29 is 39.6 Å². The predicted octanol–water partition coefficient (Wildman–Crippen LogP) is 1.92. The quantitative estimate of drug-likeness (QED) is 0.446. The van der Waals surface area contributed by atoms with Crippen LogP contribution in [0.5, 0.6) is 0 Å². The Bertz CT molecular complexity index is 313. The zero-order valence-corrected chi connectivity index (χ0v) is 12.8. The molecule has 0 unspecified atom stereocenters. The third-order valence-corrected chi connectivity index (χ3v) is 2.89. The molecule has 0 aliphatic carbocycles. The lowest BCUT2D eigenvalue weighted by Crippen LogP contribution is -2.22. The van der Waals surface area contributed by atoms with Gasteiger partial charge in [0.2, 0.25) is 0 Å². The SMILES string of the molecule is CCCCC(C(=O)O)C(=O)O.CCCCC(C(=O)O)C(=O)O. The van der Waals surface area contributed by atoms with E-state index in [4.69, 9.17) is 20.4 Å². The van der Waals surface area contributed by atoms with E-state index in [1.54, 1.807) is 0 Å². The van der Waals surface area contributed by atoms with Crippen LogP contribution < -0.4 is 0 Å². The largest absolute Gasteiger partial charge is 0.481 e. The van der Waals surface area contributed by atoms with Crippen LogP contribution >= 0.6 is 0 Å². The van der Waals surface area contributed by atoms with Gasteiger partial charge in [0.25, 0.3) is 0 Å². The monoisotopic (exact) mass is 320 g/mol. The minimum absolute atomic E-state index is 0.223. The second-order valence-corrected chi connectivity index (χ2v) is 4.74. The molecule has 8 nitrogen and oxygen atoms in total. The topological polar surface area (TPSA) is 149 Å². The summed E-state index contributed by atoms with van der Waals surface area (Å²) >= 11 is 0. The zero-order valence-electron chi connectivity index (χ0n) is 12.8. The Morgan fingerprint density at radius 2 is 0.864 bits per heavy atom. The first-order chi connectivity index (χ1) is 10.2. The van der Waals surface area contributed by atoms with Crippen LogP contribution in [0.25, 0.3) is 0 Å². The lowest BCUT2D eigenvalue weighted by atomic mass is 10.0. The van der Waals surface area contributed by atoms with Gasteiger partial charge in [-0.25, -0.2) is 0 Å². The smallest absolute Gasteiger partial charge is 0.317 e. The van der Waals surface area contributed by atoms with Gasteiger partial charge in [-0.2, -0.15) is 0 Å². The third-order valence-electron chi connectivity index (χ3n) is 2.89. The van der Waals surface area contributed by atoms with Crippen molar-refractivity contribution in [3.8, 4) is 0 Å². The summed E-state index contributed by atoms with van der Waals surface area (Å²) in [5.74, 6) is -7.43. The average molecular weight is 320 g/mol. The van der Waals surface area contributed by atoms with Gasteiger partial charge in [-0.15, -0.1) is 0 Å². The summed E-state index contributed by atoms with van der Waals surface area (Å²) < 4.78 is 0. The van der Waals surface area contributed by atoms with E-state index in [1.807, 2.05) is 13.8 Å². The Morgan fingerprint density at radius 3 is 1.00 bits per heavy atom. The van der Waals surface area contributed by atoms with Crippen LogP contribution in [-0.2, 0) is 19.2 Å². The molecular weight excluding hydrogens is 296 g/mol. The first kappa shape index (κ1) is 22.2. The number of aliphatic carboxylic acids is 4. The van der Waals surface area contributed by atoms with Crippen molar-refractivity contribution in [2.75, 3.05) is 0 Å². The molecule has 22 heavy (non-hydrogen) atoms. The molecule has 4 N–H and O–H groups in total. The van der Waals surface area contributed by atoms with Crippen molar-refractivity contribution in [1.82, 2.24) is 0 Å². The van der Waals surface area contributed by atoms with E-state index < -0.39 is 35.7 Å². The summed E-state index contributed by atoms with van der Waals surface area (Å²) in [7, 11) is 0. The van der Waals surface area contributed by atoms with Gasteiger partial charge in [0.1, 0.15) is 0 Å². The van der Waals surface area contributed by atoms with E-state index in [9.17, 15) is 19.2 Å². The van der Waals surface area contributed by atoms with Gasteiger partial charge in [-0.05, 0) is 12.8 Å². The van der Waals surface area contributed by atoms with Crippen LogP contribution in [-0.4, -0.2) is 44.3 Å². The van der Waals surface area contributed by atoms with Gasteiger partial charge in [-0.1, -0.05) is 39.5 Å². The Hall–Kier alpha value is -2.12. The number of carboxylic acids is 4. The molecule has 0 spiro atoms. The van der Waals surface area contributed by atoms with E-state index in [0.717, 1.165) is 12.8 Å². The second kappa shape index (κ2) is 12.6. The average Bonchev–Trinajstić information content (AvgIpc) is 2.38. The molecule has 0 rings (SSSR count). The van der Waals surface area contributed by atoms with E-state index in [2.05, 4.69) is 0 Å². The summed E-state index contributed by atoms with van der Waals surface area (Å²) in [6.45, 7) is 3.78. The lowest BCUT2D eigenvalue weighted by molar-refractivity contribution is -0.156. The third kappa shape index (κ3) is 10.6. The Morgan fingerprint density at radius 1 is 0.636 bits per heavy atom. The standard InChI is InChI=1S/2C7H12O4/c2*1-2-3-4-5(6(8)9)7(10)11/h2*5H,2-4H2,1H3,(H,8,9)(H,10,11). The summed E-state index contributed by atoms with van der Waals surface area (Å²) in [5.41, 5.74) is 0.